The zero-order chi connectivity index (χ0) is 10.6. The van der Waals surface area contributed by atoms with Crippen LogP contribution >= 0.6 is 0 Å². The first-order valence-electron chi connectivity index (χ1n) is 4.61. The zero-order valence-corrected chi connectivity index (χ0v) is 8.95. The molecule has 1 aromatic heterocycles. The van der Waals surface area contributed by atoms with Crippen molar-refractivity contribution in [3.05, 3.63) is 18.0 Å². The van der Waals surface area contributed by atoms with Gasteiger partial charge in [0.15, 0.2) is 5.75 Å². The van der Waals surface area contributed by atoms with E-state index in [1.807, 2.05) is 20.0 Å². The van der Waals surface area contributed by atoms with Crippen LogP contribution in [-0.4, -0.2) is 32.2 Å². The lowest BCUT2D eigenvalue weighted by Crippen LogP contribution is -2.25. The van der Waals surface area contributed by atoms with E-state index in [9.17, 15) is 0 Å². The minimum atomic E-state index is 0.626. The Morgan fingerprint density at radius 3 is 2.86 bits per heavy atom. The van der Waals surface area contributed by atoms with Crippen LogP contribution in [0, 0.1) is 6.92 Å². The molecule has 0 radical (unpaired) electrons. The van der Waals surface area contributed by atoms with Crippen molar-refractivity contribution in [2.75, 3.05) is 32.1 Å². The molecule has 0 aromatic carbocycles. The molecule has 0 saturated carbocycles. The van der Waals surface area contributed by atoms with Crippen LogP contribution in [0.2, 0.25) is 0 Å². The number of rotatable bonds is 4. The van der Waals surface area contributed by atoms with Gasteiger partial charge in [-0.25, -0.2) is 0 Å². The number of ether oxygens (including phenoxy) is 1. The highest BCUT2D eigenvalue weighted by Gasteiger charge is 2.07. The maximum absolute atomic E-state index is 5.50. The van der Waals surface area contributed by atoms with Crippen molar-refractivity contribution >= 4 is 5.69 Å². The third kappa shape index (κ3) is 2.35. The van der Waals surface area contributed by atoms with Gasteiger partial charge in [-0.3, -0.25) is 4.98 Å². The first kappa shape index (κ1) is 10.8. The van der Waals surface area contributed by atoms with Gasteiger partial charge >= 0.3 is 0 Å². The Kier molecular flexibility index (Phi) is 3.71. The summed E-state index contributed by atoms with van der Waals surface area (Å²) in [6.45, 7) is 3.39. The molecular weight excluding hydrogens is 178 g/mol. The van der Waals surface area contributed by atoms with Crippen molar-refractivity contribution < 1.29 is 4.74 Å². The van der Waals surface area contributed by atoms with Gasteiger partial charge in [0.2, 0.25) is 0 Å². The molecular formula is C10H17N3O. The van der Waals surface area contributed by atoms with Gasteiger partial charge in [-0.2, -0.15) is 0 Å². The summed E-state index contributed by atoms with van der Waals surface area (Å²) >= 11 is 0. The molecule has 14 heavy (non-hydrogen) atoms. The number of methoxy groups -OCH3 is 1. The smallest absolute Gasteiger partial charge is 0.160 e. The summed E-state index contributed by atoms with van der Waals surface area (Å²) in [5.74, 6) is 0.784. The average molecular weight is 195 g/mol. The first-order chi connectivity index (χ1) is 6.69. The van der Waals surface area contributed by atoms with Gasteiger partial charge < -0.3 is 15.4 Å². The number of pyridine rings is 1. The number of nitrogens with zero attached hydrogens (tertiary/aromatic N) is 2. The van der Waals surface area contributed by atoms with E-state index < -0.39 is 0 Å². The fourth-order valence-electron chi connectivity index (χ4n) is 1.30. The SMILES string of the molecule is COc1cnc(C)cc1N(C)CCN. The molecule has 1 rings (SSSR count). The molecule has 0 atom stereocenters. The van der Waals surface area contributed by atoms with Gasteiger partial charge in [-0.1, -0.05) is 0 Å². The number of anilines is 1. The number of hydrogen-bond acceptors (Lipinski definition) is 4. The molecule has 4 heteroatoms. The van der Waals surface area contributed by atoms with Crippen LogP contribution in [0.1, 0.15) is 5.69 Å². The largest absolute Gasteiger partial charge is 0.493 e. The topological polar surface area (TPSA) is 51.4 Å². The Hall–Kier alpha value is -1.29. The molecule has 0 bridgehead atoms. The first-order valence-corrected chi connectivity index (χ1v) is 4.61. The fourth-order valence-corrected chi connectivity index (χ4v) is 1.30. The van der Waals surface area contributed by atoms with Crippen molar-refractivity contribution in [2.24, 2.45) is 5.73 Å². The van der Waals surface area contributed by atoms with Crippen molar-refractivity contribution in [3.8, 4) is 5.75 Å². The minimum absolute atomic E-state index is 0.626. The number of nitrogens with two attached hydrogens (primary N) is 1. The molecule has 4 nitrogen and oxygen atoms in total. The zero-order valence-electron chi connectivity index (χ0n) is 8.95. The molecule has 0 aliphatic carbocycles. The molecule has 1 aromatic rings. The molecule has 2 N–H and O–H groups in total. The van der Waals surface area contributed by atoms with Crippen LogP contribution in [0.25, 0.3) is 0 Å². The fraction of sp³-hybridized carbons (Fsp3) is 0.500. The molecule has 0 fully saturated rings. The van der Waals surface area contributed by atoms with E-state index in [2.05, 4.69) is 9.88 Å². The van der Waals surface area contributed by atoms with Gasteiger partial charge in [-0.05, 0) is 13.0 Å². The maximum atomic E-state index is 5.50. The summed E-state index contributed by atoms with van der Waals surface area (Å²) in [6.07, 6.45) is 1.73. The molecule has 0 aliphatic rings. The third-order valence-corrected chi connectivity index (χ3v) is 2.08. The van der Waals surface area contributed by atoms with Crippen LogP contribution < -0.4 is 15.4 Å². The second kappa shape index (κ2) is 4.81. The van der Waals surface area contributed by atoms with Gasteiger partial charge in [0.25, 0.3) is 0 Å². The highest BCUT2D eigenvalue weighted by molar-refractivity contribution is 5.57. The summed E-state index contributed by atoms with van der Waals surface area (Å²) in [4.78, 5) is 6.23. The summed E-state index contributed by atoms with van der Waals surface area (Å²) in [6, 6.07) is 1.99. The number of hydrogen-bond donors (Lipinski definition) is 1. The number of aryl methyl sites for hydroxylation is 1. The summed E-state index contributed by atoms with van der Waals surface area (Å²) in [7, 11) is 3.64. The Balaban J connectivity index is 2.97. The van der Waals surface area contributed by atoms with E-state index in [1.54, 1.807) is 13.3 Å². The van der Waals surface area contributed by atoms with Gasteiger partial charge in [-0.15, -0.1) is 0 Å². The van der Waals surface area contributed by atoms with E-state index in [0.29, 0.717) is 6.54 Å². The van der Waals surface area contributed by atoms with Crippen molar-refractivity contribution in [1.29, 1.82) is 0 Å². The van der Waals surface area contributed by atoms with Crippen LogP contribution in [0.15, 0.2) is 12.3 Å². The molecule has 0 spiro atoms. The van der Waals surface area contributed by atoms with Gasteiger partial charge in [0, 0.05) is 25.8 Å². The quantitative estimate of drug-likeness (QED) is 0.772. The Morgan fingerprint density at radius 1 is 1.57 bits per heavy atom. The summed E-state index contributed by atoms with van der Waals surface area (Å²) < 4.78 is 5.22. The number of likely N-dealkylation sites (N-methyl/N-ethyl adjacent to an activating group) is 1. The van der Waals surface area contributed by atoms with Crippen LogP contribution in [0.5, 0.6) is 5.75 Å². The standard InChI is InChI=1S/C10H17N3O/c1-8-6-9(13(2)5-4-11)10(14-3)7-12-8/h6-7H,4-5,11H2,1-3H3. The van der Waals surface area contributed by atoms with Gasteiger partial charge in [0.1, 0.15) is 0 Å². The Labute approximate surface area is 84.7 Å². The predicted octanol–water partition coefficient (Wildman–Crippen LogP) is 0.794. The summed E-state index contributed by atoms with van der Waals surface area (Å²) in [5.41, 5.74) is 7.51. The molecule has 0 aliphatic heterocycles. The lowest BCUT2D eigenvalue weighted by molar-refractivity contribution is 0.413. The van der Waals surface area contributed by atoms with E-state index in [-0.39, 0.29) is 0 Å². The highest BCUT2D eigenvalue weighted by Crippen LogP contribution is 2.26. The lowest BCUT2D eigenvalue weighted by Gasteiger charge is -2.20. The molecule has 1 heterocycles. The monoisotopic (exact) mass is 195 g/mol. The van der Waals surface area contributed by atoms with E-state index in [0.717, 1.165) is 23.7 Å². The predicted molar refractivity (Wildman–Crippen MR) is 57.9 cm³/mol. The Bertz CT molecular complexity index is 301. The van der Waals surface area contributed by atoms with Crippen LogP contribution in [0.3, 0.4) is 0 Å². The minimum Gasteiger partial charge on any atom is -0.493 e. The number of aromatic nitrogens is 1. The lowest BCUT2D eigenvalue weighted by atomic mass is 10.3. The Morgan fingerprint density at radius 2 is 2.29 bits per heavy atom. The third-order valence-electron chi connectivity index (χ3n) is 2.08. The second-order valence-electron chi connectivity index (χ2n) is 3.21. The van der Waals surface area contributed by atoms with Gasteiger partial charge in [0.05, 0.1) is 19.0 Å². The molecule has 0 saturated heterocycles. The average Bonchev–Trinajstić information content (AvgIpc) is 2.18. The van der Waals surface area contributed by atoms with E-state index in [4.69, 9.17) is 10.5 Å². The van der Waals surface area contributed by atoms with E-state index in [1.165, 1.54) is 0 Å². The second-order valence-corrected chi connectivity index (χ2v) is 3.21. The summed E-state index contributed by atoms with van der Waals surface area (Å²) in [5, 5.41) is 0. The van der Waals surface area contributed by atoms with Crippen LogP contribution in [-0.2, 0) is 0 Å². The van der Waals surface area contributed by atoms with Crippen molar-refractivity contribution in [1.82, 2.24) is 4.98 Å². The maximum Gasteiger partial charge on any atom is 0.160 e. The van der Waals surface area contributed by atoms with E-state index >= 15 is 0 Å². The molecule has 78 valence electrons. The van der Waals surface area contributed by atoms with Crippen molar-refractivity contribution in [3.63, 3.8) is 0 Å². The van der Waals surface area contributed by atoms with Crippen LogP contribution in [0.4, 0.5) is 5.69 Å². The normalized spacial score (nSPS) is 10.0. The van der Waals surface area contributed by atoms with Crippen molar-refractivity contribution in [2.45, 2.75) is 6.92 Å². The molecule has 0 amide bonds. The molecule has 0 unspecified atom stereocenters. The highest BCUT2D eigenvalue weighted by atomic mass is 16.5.